The molecule has 0 aromatic rings. The van der Waals surface area contributed by atoms with Crippen molar-refractivity contribution in [3.63, 3.8) is 0 Å². The maximum Gasteiger partial charge on any atom is 0.112 e. The van der Waals surface area contributed by atoms with Crippen molar-refractivity contribution in [3.05, 3.63) is 12.4 Å². The van der Waals surface area contributed by atoms with E-state index < -0.39 is 0 Å². The van der Waals surface area contributed by atoms with E-state index in [0.717, 1.165) is 0 Å². The number of nitrogens with zero attached hydrogens (tertiary/aromatic N) is 3. The molecular formula is C7H15N3. The number of hydrazine groups is 1. The molecule has 1 heterocycles. The van der Waals surface area contributed by atoms with E-state index in [0.29, 0.717) is 6.17 Å². The van der Waals surface area contributed by atoms with Gasteiger partial charge in [0.25, 0.3) is 0 Å². The highest BCUT2D eigenvalue weighted by atomic mass is 15.7. The summed E-state index contributed by atoms with van der Waals surface area (Å²) in [5.41, 5.74) is 0. The summed E-state index contributed by atoms with van der Waals surface area (Å²) >= 11 is 0. The minimum Gasteiger partial charge on any atom is -0.358 e. The smallest absolute Gasteiger partial charge is 0.112 e. The summed E-state index contributed by atoms with van der Waals surface area (Å²) in [5, 5.41) is 4.24. The lowest BCUT2D eigenvalue weighted by Gasteiger charge is -2.31. The van der Waals surface area contributed by atoms with Crippen LogP contribution in [0.25, 0.3) is 0 Å². The molecule has 3 heteroatoms. The first-order valence-corrected chi connectivity index (χ1v) is 3.49. The molecule has 0 aliphatic carbocycles. The zero-order valence-corrected chi connectivity index (χ0v) is 7.07. The third kappa shape index (κ3) is 1.09. The Labute approximate surface area is 62.5 Å². The van der Waals surface area contributed by atoms with Gasteiger partial charge in [0.1, 0.15) is 6.17 Å². The van der Waals surface area contributed by atoms with Gasteiger partial charge in [-0.05, 0) is 6.92 Å². The van der Waals surface area contributed by atoms with Gasteiger partial charge >= 0.3 is 0 Å². The summed E-state index contributed by atoms with van der Waals surface area (Å²) in [5.74, 6) is 0. The largest absolute Gasteiger partial charge is 0.358 e. The SMILES string of the molecule is CC1N(C)C=CN1N(C)C. The van der Waals surface area contributed by atoms with E-state index >= 15 is 0 Å². The van der Waals surface area contributed by atoms with Gasteiger partial charge in [-0.15, -0.1) is 0 Å². The molecule has 0 N–H and O–H groups in total. The van der Waals surface area contributed by atoms with Gasteiger partial charge in [-0.2, -0.15) is 0 Å². The van der Waals surface area contributed by atoms with Crippen LogP contribution < -0.4 is 0 Å². The first-order valence-electron chi connectivity index (χ1n) is 3.49. The van der Waals surface area contributed by atoms with E-state index in [-0.39, 0.29) is 0 Å². The first kappa shape index (κ1) is 7.41. The van der Waals surface area contributed by atoms with Crippen LogP contribution in [0.3, 0.4) is 0 Å². The van der Waals surface area contributed by atoms with Crippen LogP contribution in [0.4, 0.5) is 0 Å². The third-order valence-corrected chi connectivity index (χ3v) is 1.89. The van der Waals surface area contributed by atoms with Crippen molar-refractivity contribution < 1.29 is 0 Å². The van der Waals surface area contributed by atoms with Crippen LogP contribution in [0.15, 0.2) is 12.4 Å². The molecule has 58 valence electrons. The van der Waals surface area contributed by atoms with Crippen LogP contribution in [0.5, 0.6) is 0 Å². The Bertz CT molecular complexity index is 142. The summed E-state index contributed by atoms with van der Waals surface area (Å²) in [6, 6.07) is 0. The minimum atomic E-state index is 0.454. The Balaban J connectivity index is 2.58. The molecule has 1 rings (SSSR count). The van der Waals surface area contributed by atoms with Gasteiger partial charge in [-0.3, -0.25) is 5.01 Å². The molecule has 1 atom stereocenters. The summed E-state index contributed by atoms with van der Waals surface area (Å²) in [7, 11) is 6.16. The zero-order valence-electron chi connectivity index (χ0n) is 7.07. The van der Waals surface area contributed by atoms with Crippen molar-refractivity contribution in [2.75, 3.05) is 21.1 Å². The van der Waals surface area contributed by atoms with Gasteiger partial charge in [0.15, 0.2) is 0 Å². The van der Waals surface area contributed by atoms with Crippen LogP contribution in [-0.4, -0.2) is 42.2 Å². The van der Waals surface area contributed by atoms with Gasteiger partial charge in [0.05, 0.1) is 0 Å². The molecule has 0 aromatic heterocycles. The van der Waals surface area contributed by atoms with Crippen LogP contribution in [-0.2, 0) is 0 Å². The molecule has 0 bridgehead atoms. The highest BCUT2D eigenvalue weighted by Crippen LogP contribution is 2.12. The summed E-state index contributed by atoms with van der Waals surface area (Å²) < 4.78 is 0. The average molecular weight is 141 g/mol. The summed E-state index contributed by atoms with van der Waals surface area (Å²) in [6.45, 7) is 2.17. The second-order valence-corrected chi connectivity index (χ2v) is 2.82. The Morgan fingerprint density at radius 2 is 1.90 bits per heavy atom. The van der Waals surface area contributed by atoms with Crippen LogP contribution in [0.2, 0.25) is 0 Å². The van der Waals surface area contributed by atoms with E-state index in [4.69, 9.17) is 0 Å². The molecular weight excluding hydrogens is 126 g/mol. The van der Waals surface area contributed by atoms with Crippen molar-refractivity contribution in [1.82, 2.24) is 14.9 Å². The lowest BCUT2D eigenvalue weighted by atomic mass is 10.5. The van der Waals surface area contributed by atoms with E-state index in [9.17, 15) is 0 Å². The molecule has 1 aliphatic heterocycles. The highest BCUT2D eigenvalue weighted by molar-refractivity contribution is 4.91. The van der Waals surface area contributed by atoms with Crippen LogP contribution >= 0.6 is 0 Å². The van der Waals surface area contributed by atoms with Crippen molar-refractivity contribution in [1.29, 1.82) is 0 Å². The number of hydrogen-bond donors (Lipinski definition) is 0. The average Bonchev–Trinajstić information content (AvgIpc) is 2.14. The number of rotatable bonds is 1. The quantitative estimate of drug-likeness (QED) is 0.527. The molecule has 3 nitrogen and oxygen atoms in total. The summed E-state index contributed by atoms with van der Waals surface area (Å²) in [6.07, 6.45) is 4.60. The molecule has 0 fully saturated rings. The summed E-state index contributed by atoms with van der Waals surface area (Å²) in [4.78, 5) is 2.17. The van der Waals surface area contributed by atoms with E-state index in [2.05, 4.69) is 41.3 Å². The van der Waals surface area contributed by atoms with Gasteiger partial charge in [0, 0.05) is 33.5 Å². The Morgan fingerprint density at radius 1 is 1.30 bits per heavy atom. The maximum atomic E-state index is 2.17. The Kier molecular flexibility index (Phi) is 1.85. The van der Waals surface area contributed by atoms with E-state index in [1.165, 1.54) is 0 Å². The molecule has 10 heavy (non-hydrogen) atoms. The van der Waals surface area contributed by atoms with Gasteiger partial charge in [0.2, 0.25) is 0 Å². The van der Waals surface area contributed by atoms with Crippen LogP contribution in [0.1, 0.15) is 6.92 Å². The van der Waals surface area contributed by atoms with Crippen LogP contribution in [0, 0.1) is 0 Å². The molecule has 0 saturated heterocycles. The zero-order chi connectivity index (χ0) is 7.72. The third-order valence-electron chi connectivity index (χ3n) is 1.89. The minimum absolute atomic E-state index is 0.454. The maximum absolute atomic E-state index is 2.17. The predicted octanol–water partition coefficient (Wildman–Crippen LogP) is 0.528. The molecule has 0 spiro atoms. The predicted molar refractivity (Wildman–Crippen MR) is 41.9 cm³/mol. The van der Waals surface area contributed by atoms with Crippen molar-refractivity contribution in [2.45, 2.75) is 13.1 Å². The van der Waals surface area contributed by atoms with Crippen molar-refractivity contribution in [2.24, 2.45) is 0 Å². The molecule has 0 aromatic carbocycles. The number of hydrogen-bond acceptors (Lipinski definition) is 3. The first-order chi connectivity index (χ1) is 4.63. The molecule has 0 amide bonds. The second kappa shape index (κ2) is 2.50. The van der Waals surface area contributed by atoms with Crippen molar-refractivity contribution in [3.8, 4) is 0 Å². The van der Waals surface area contributed by atoms with Gasteiger partial charge in [-0.1, -0.05) is 0 Å². The highest BCUT2D eigenvalue weighted by Gasteiger charge is 2.19. The Morgan fingerprint density at radius 3 is 2.10 bits per heavy atom. The fourth-order valence-corrected chi connectivity index (χ4v) is 1.08. The lowest BCUT2D eigenvalue weighted by molar-refractivity contribution is 0.0125. The fraction of sp³-hybridized carbons (Fsp3) is 0.714. The second-order valence-electron chi connectivity index (χ2n) is 2.82. The molecule has 0 saturated carbocycles. The van der Waals surface area contributed by atoms with Crippen molar-refractivity contribution >= 4 is 0 Å². The molecule has 1 unspecified atom stereocenters. The van der Waals surface area contributed by atoms with Gasteiger partial charge < -0.3 is 4.90 Å². The topological polar surface area (TPSA) is 9.72 Å². The lowest BCUT2D eigenvalue weighted by Crippen LogP contribution is -2.41. The molecule has 1 aliphatic rings. The normalized spacial score (nSPS) is 25.1. The Hall–Kier alpha value is -0.700. The monoisotopic (exact) mass is 141 g/mol. The van der Waals surface area contributed by atoms with E-state index in [1.54, 1.807) is 0 Å². The van der Waals surface area contributed by atoms with E-state index in [1.807, 2.05) is 14.1 Å². The fourth-order valence-electron chi connectivity index (χ4n) is 1.08. The molecule has 0 radical (unpaired) electrons. The van der Waals surface area contributed by atoms with Gasteiger partial charge in [-0.25, -0.2) is 5.01 Å². The standard InChI is InChI=1S/C7H15N3/c1-7-9(4)5-6-10(7)8(2)3/h5-7H,1-4H3.